The van der Waals surface area contributed by atoms with Crippen LogP contribution in [0.4, 0.5) is 10.5 Å². The second-order valence-electron chi connectivity index (χ2n) is 5.82. The highest BCUT2D eigenvalue weighted by Crippen LogP contribution is 2.39. The van der Waals surface area contributed by atoms with Crippen LogP contribution in [0.1, 0.15) is 17.5 Å². The van der Waals surface area contributed by atoms with Crippen molar-refractivity contribution in [2.75, 3.05) is 12.4 Å². The molecular formula is C18H15Cl2N3O4. The number of nitrogens with zero attached hydrogens (tertiary/aromatic N) is 1. The number of anilines is 1. The minimum atomic E-state index is -1.88. The van der Waals surface area contributed by atoms with Gasteiger partial charge in [-0.2, -0.15) is 5.10 Å². The minimum Gasteiger partial charge on any atom is -0.452 e. The standard InChI is InChI=1S/C18H15Cl2N3O4/c1-27-17(25)23-22-15(11-7-6-10(19)8-13(11)20)9-18(26)12-4-2-3-5-14(12)21-16(18)24/h2-8,26H,9H2,1H3,(H,21,24)(H,23,25)/b22-15-/t18-/m1/s1. The molecule has 0 bridgehead atoms. The van der Waals surface area contributed by atoms with Crippen molar-refractivity contribution < 1.29 is 19.4 Å². The molecule has 0 saturated carbocycles. The van der Waals surface area contributed by atoms with Gasteiger partial charge in [0.1, 0.15) is 0 Å². The highest BCUT2D eigenvalue weighted by Gasteiger charge is 2.46. The van der Waals surface area contributed by atoms with Crippen LogP contribution < -0.4 is 10.7 Å². The van der Waals surface area contributed by atoms with E-state index in [9.17, 15) is 14.7 Å². The molecule has 0 fully saturated rings. The van der Waals surface area contributed by atoms with Gasteiger partial charge in [-0.25, -0.2) is 10.2 Å². The number of rotatable bonds is 4. The van der Waals surface area contributed by atoms with E-state index in [0.717, 1.165) is 0 Å². The Morgan fingerprint density at radius 3 is 2.74 bits per heavy atom. The normalized spacial score (nSPS) is 18.7. The summed E-state index contributed by atoms with van der Waals surface area (Å²) in [5.41, 5.74) is 1.81. The van der Waals surface area contributed by atoms with Crippen LogP contribution in [0.5, 0.6) is 0 Å². The number of nitrogens with one attached hydrogen (secondary N) is 2. The zero-order valence-electron chi connectivity index (χ0n) is 14.1. The summed E-state index contributed by atoms with van der Waals surface area (Å²) in [4.78, 5) is 23.9. The first-order chi connectivity index (χ1) is 12.8. The topological polar surface area (TPSA) is 100 Å². The van der Waals surface area contributed by atoms with E-state index >= 15 is 0 Å². The third-order valence-electron chi connectivity index (χ3n) is 4.13. The Kier molecular flexibility index (Phi) is 5.36. The van der Waals surface area contributed by atoms with E-state index in [-0.39, 0.29) is 17.2 Å². The molecule has 0 radical (unpaired) electrons. The predicted molar refractivity (Wildman–Crippen MR) is 102 cm³/mol. The Balaban J connectivity index is 2.04. The first-order valence-electron chi connectivity index (χ1n) is 7.84. The third-order valence-corrected chi connectivity index (χ3v) is 4.68. The molecule has 2 amide bonds. The average molecular weight is 408 g/mol. The summed E-state index contributed by atoms with van der Waals surface area (Å²) < 4.78 is 4.51. The van der Waals surface area contributed by atoms with Gasteiger partial charge in [-0.1, -0.05) is 47.5 Å². The summed E-state index contributed by atoms with van der Waals surface area (Å²) in [6.07, 6.45) is -1.04. The van der Waals surface area contributed by atoms with E-state index in [0.29, 0.717) is 21.8 Å². The number of amides is 2. The maximum absolute atomic E-state index is 12.5. The number of para-hydroxylation sites is 1. The van der Waals surface area contributed by atoms with Gasteiger partial charge in [0.05, 0.1) is 17.8 Å². The number of methoxy groups -OCH3 is 1. The monoisotopic (exact) mass is 407 g/mol. The van der Waals surface area contributed by atoms with Crippen LogP contribution in [0.3, 0.4) is 0 Å². The Morgan fingerprint density at radius 1 is 1.30 bits per heavy atom. The fourth-order valence-electron chi connectivity index (χ4n) is 2.80. The molecule has 9 heteroatoms. The molecule has 1 atom stereocenters. The Morgan fingerprint density at radius 2 is 2.04 bits per heavy atom. The number of benzene rings is 2. The molecule has 0 aliphatic carbocycles. The van der Waals surface area contributed by atoms with Gasteiger partial charge < -0.3 is 15.2 Å². The smallest absolute Gasteiger partial charge is 0.427 e. The fourth-order valence-corrected chi connectivity index (χ4v) is 3.31. The second-order valence-corrected chi connectivity index (χ2v) is 6.67. The number of hydrazone groups is 1. The number of fused-ring (bicyclic) bond motifs is 1. The minimum absolute atomic E-state index is 0.177. The number of halogens is 2. The largest absolute Gasteiger partial charge is 0.452 e. The molecular weight excluding hydrogens is 393 g/mol. The Labute approximate surface area is 164 Å². The van der Waals surface area contributed by atoms with Crippen molar-refractivity contribution in [2.45, 2.75) is 12.0 Å². The predicted octanol–water partition coefficient (Wildman–Crippen LogP) is 3.28. The van der Waals surface area contributed by atoms with Crippen LogP contribution in [-0.4, -0.2) is 29.9 Å². The van der Waals surface area contributed by atoms with Crippen molar-refractivity contribution in [3.05, 3.63) is 63.6 Å². The summed E-state index contributed by atoms with van der Waals surface area (Å²) in [5.74, 6) is -0.598. The number of hydrogen-bond acceptors (Lipinski definition) is 5. The van der Waals surface area contributed by atoms with Gasteiger partial charge in [0.2, 0.25) is 0 Å². The summed E-state index contributed by atoms with van der Waals surface area (Å²) >= 11 is 12.2. The highest BCUT2D eigenvalue weighted by atomic mass is 35.5. The summed E-state index contributed by atoms with van der Waals surface area (Å²) in [5, 5.41) is 18.4. The van der Waals surface area contributed by atoms with Crippen LogP contribution in [0.25, 0.3) is 0 Å². The maximum atomic E-state index is 12.5. The third kappa shape index (κ3) is 3.75. The SMILES string of the molecule is COC(=O)N/N=C(/C[C@]1(O)C(=O)Nc2ccccc21)c1ccc(Cl)cc1Cl. The molecule has 140 valence electrons. The average Bonchev–Trinajstić information content (AvgIpc) is 2.89. The van der Waals surface area contributed by atoms with Crippen molar-refractivity contribution in [1.82, 2.24) is 5.43 Å². The first kappa shape index (κ1) is 19.2. The fraction of sp³-hybridized carbons (Fsp3) is 0.167. The van der Waals surface area contributed by atoms with Gasteiger partial charge in [0.25, 0.3) is 5.91 Å². The number of aliphatic hydroxyl groups is 1. The van der Waals surface area contributed by atoms with Crippen molar-refractivity contribution in [1.29, 1.82) is 0 Å². The summed E-state index contributed by atoms with van der Waals surface area (Å²) in [6.45, 7) is 0. The molecule has 0 saturated heterocycles. The maximum Gasteiger partial charge on any atom is 0.427 e. The summed E-state index contributed by atoms with van der Waals surface area (Å²) in [7, 11) is 1.19. The van der Waals surface area contributed by atoms with Gasteiger partial charge in [0.15, 0.2) is 5.60 Å². The molecule has 2 aromatic rings. The number of ether oxygens (including phenoxy) is 1. The van der Waals surface area contributed by atoms with Gasteiger partial charge in [-0.15, -0.1) is 0 Å². The molecule has 1 aliphatic heterocycles. The van der Waals surface area contributed by atoms with Gasteiger partial charge in [0, 0.05) is 28.3 Å². The van der Waals surface area contributed by atoms with Gasteiger partial charge in [-0.3, -0.25) is 4.79 Å². The molecule has 1 aliphatic rings. The number of hydrogen-bond donors (Lipinski definition) is 3. The zero-order chi connectivity index (χ0) is 19.6. The zero-order valence-corrected chi connectivity index (χ0v) is 15.6. The van der Waals surface area contributed by atoms with Crippen LogP contribution in [0.2, 0.25) is 10.0 Å². The van der Waals surface area contributed by atoms with Crippen LogP contribution >= 0.6 is 23.2 Å². The van der Waals surface area contributed by atoms with E-state index in [1.54, 1.807) is 36.4 Å². The lowest BCUT2D eigenvalue weighted by Gasteiger charge is -2.22. The lowest BCUT2D eigenvalue weighted by Crippen LogP contribution is -2.37. The molecule has 3 N–H and O–H groups in total. The van der Waals surface area contributed by atoms with Crippen molar-refractivity contribution >= 4 is 46.6 Å². The van der Waals surface area contributed by atoms with Crippen LogP contribution in [-0.2, 0) is 15.1 Å². The van der Waals surface area contributed by atoms with Crippen LogP contribution in [0.15, 0.2) is 47.6 Å². The van der Waals surface area contributed by atoms with E-state index in [1.165, 1.54) is 13.2 Å². The molecule has 1 heterocycles. The molecule has 0 aromatic heterocycles. The van der Waals surface area contributed by atoms with E-state index in [4.69, 9.17) is 23.2 Å². The highest BCUT2D eigenvalue weighted by molar-refractivity contribution is 6.37. The Bertz CT molecular complexity index is 948. The molecule has 0 unspecified atom stereocenters. The molecule has 0 spiro atoms. The van der Waals surface area contributed by atoms with Gasteiger partial charge >= 0.3 is 6.09 Å². The van der Waals surface area contributed by atoms with E-state index in [1.807, 2.05) is 0 Å². The van der Waals surface area contributed by atoms with Crippen molar-refractivity contribution in [2.24, 2.45) is 5.10 Å². The van der Waals surface area contributed by atoms with Gasteiger partial charge in [-0.05, 0) is 18.2 Å². The molecule has 27 heavy (non-hydrogen) atoms. The van der Waals surface area contributed by atoms with E-state index in [2.05, 4.69) is 20.6 Å². The molecule has 7 nitrogen and oxygen atoms in total. The molecule has 2 aromatic carbocycles. The second kappa shape index (κ2) is 7.56. The lowest BCUT2D eigenvalue weighted by molar-refractivity contribution is -0.132. The lowest BCUT2D eigenvalue weighted by atomic mass is 9.87. The van der Waals surface area contributed by atoms with Crippen molar-refractivity contribution in [3.8, 4) is 0 Å². The van der Waals surface area contributed by atoms with Crippen molar-refractivity contribution in [3.63, 3.8) is 0 Å². The quantitative estimate of drug-likeness (QED) is 0.534. The Hall–Kier alpha value is -2.61. The molecule has 3 rings (SSSR count). The van der Waals surface area contributed by atoms with E-state index < -0.39 is 17.6 Å². The number of carbonyl (C=O) groups is 2. The number of carbonyl (C=O) groups excluding carboxylic acids is 2. The first-order valence-corrected chi connectivity index (χ1v) is 8.60. The summed E-state index contributed by atoms with van der Waals surface area (Å²) in [6, 6.07) is 11.5. The van der Waals surface area contributed by atoms with Crippen LogP contribution in [0, 0.1) is 0 Å².